The second kappa shape index (κ2) is 4.33. The van der Waals surface area contributed by atoms with Gasteiger partial charge in [-0.3, -0.25) is 14.4 Å². The van der Waals surface area contributed by atoms with E-state index in [4.69, 9.17) is 9.47 Å². The topological polar surface area (TPSA) is 69.7 Å². The average Bonchev–Trinajstić information content (AvgIpc) is 2.59. The molecule has 2 aliphatic rings. The molecule has 1 fully saturated rings. The zero-order chi connectivity index (χ0) is 14.3. The van der Waals surface area contributed by atoms with Crippen LogP contribution in [0.15, 0.2) is 24.0 Å². The molecule has 0 amide bonds. The maximum absolute atomic E-state index is 12.2. The minimum atomic E-state index is -1.22. The van der Waals surface area contributed by atoms with Crippen LogP contribution in [0.3, 0.4) is 0 Å². The van der Waals surface area contributed by atoms with E-state index in [0.29, 0.717) is 12.8 Å². The van der Waals surface area contributed by atoms with Crippen molar-refractivity contribution < 1.29 is 23.9 Å². The zero-order valence-electron chi connectivity index (χ0n) is 11.2. The maximum atomic E-state index is 12.2. The van der Waals surface area contributed by atoms with Crippen LogP contribution in [-0.4, -0.2) is 17.9 Å². The quantitative estimate of drug-likeness (QED) is 0.575. The Bertz CT molecular complexity index is 516. The molecule has 19 heavy (non-hydrogen) atoms. The largest absolute Gasteiger partial charge is 0.430 e. The van der Waals surface area contributed by atoms with Crippen LogP contribution < -0.4 is 0 Å². The Morgan fingerprint density at radius 2 is 1.95 bits per heavy atom. The molecule has 2 rings (SSSR count). The molecular formula is C14H16O5. The summed E-state index contributed by atoms with van der Waals surface area (Å²) in [6.07, 6.45) is 5.60. The molecule has 2 unspecified atom stereocenters. The van der Waals surface area contributed by atoms with Crippen LogP contribution in [0.25, 0.3) is 0 Å². The fourth-order valence-corrected chi connectivity index (χ4v) is 3.07. The summed E-state index contributed by atoms with van der Waals surface area (Å²) in [6.45, 7) is 4.85. The highest BCUT2D eigenvalue weighted by atomic mass is 16.6. The highest BCUT2D eigenvalue weighted by molar-refractivity contribution is 6.05. The predicted octanol–water partition coefficient (Wildman–Crippen LogP) is 1.88. The molecule has 0 bridgehead atoms. The van der Waals surface area contributed by atoms with Gasteiger partial charge >= 0.3 is 17.9 Å². The van der Waals surface area contributed by atoms with Crippen molar-refractivity contribution >= 4 is 17.9 Å². The van der Waals surface area contributed by atoms with E-state index in [0.717, 1.165) is 0 Å². The van der Waals surface area contributed by atoms with E-state index < -0.39 is 28.7 Å². The maximum Gasteiger partial charge on any atom is 0.328 e. The lowest BCUT2D eigenvalue weighted by Crippen LogP contribution is -2.46. The van der Waals surface area contributed by atoms with Crippen molar-refractivity contribution in [3.63, 3.8) is 0 Å². The number of cyclic esters (lactones) is 2. The Hall–Kier alpha value is -1.91. The van der Waals surface area contributed by atoms with Gasteiger partial charge in [-0.15, -0.1) is 0 Å². The van der Waals surface area contributed by atoms with Crippen LogP contribution in [0.5, 0.6) is 0 Å². The average molecular weight is 264 g/mol. The Morgan fingerprint density at radius 1 is 1.26 bits per heavy atom. The number of carbonyl (C=O) groups excluding carboxylic acids is 3. The van der Waals surface area contributed by atoms with Gasteiger partial charge in [0.15, 0.2) is 0 Å². The number of fused-ring (bicyclic) bond motifs is 1. The molecule has 0 aromatic heterocycles. The number of carbonyl (C=O) groups is 3. The van der Waals surface area contributed by atoms with Gasteiger partial charge in [0.25, 0.3) is 0 Å². The van der Waals surface area contributed by atoms with E-state index >= 15 is 0 Å². The molecule has 0 aromatic rings. The molecule has 1 aliphatic carbocycles. The summed E-state index contributed by atoms with van der Waals surface area (Å²) in [4.78, 5) is 35.5. The summed E-state index contributed by atoms with van der Waals surface area (Å²) in [5.74, 6) is -1.54. The monoisotopic (exact) mass is 264 g/mol. The molecule has 102 valence electrons. The summed E-state index contributed by atoms with van der Waals surface area (Å²) in [7, 11) is 0. The molecule has 5 heteroatoms. The third-order valence-electron chi connectivity index (χ3n) is 4.05. The van der Waals surface area contributed by atoms with Gasteiger partial charge in [-0.25, -0.2) is 0 Å². The van der Waals surface area contributed by atoms with Gasteiger partial charge in [0.05, 0.1) is 0 Å². The molecule has 2 atom stereocenters. The standard InChI is InChI=1S/C14H16O5/c1-4-13-8-6-7-10(18-9(3)15)14(13,5-2)12(17)19-11(13)16/h6-8H,4-5H2,1-3H3. The Labute approximate surface area is 111 Å². The van der Waals surface area contributed by atoms with Gasteiger partial charge in [-0.1, -0.05) is 26.0 Å². The van der Waals surface area contributed by atoms with E-state index in [9.17, 15) is 14.4 Å². The molecule has 0 N–H and O–H groups in total. The van der Waals surface area contributed by atoms with Crippen molar-refractivity contribution in [1.29, 1.82) is 0 Å². The molecule has 5 nitrogen and oxygen atoms in total. The van der Waals surface area contributed by atoms with E-state index in [1.54, 1.807) is 25.2 Å². The van der Waals surface area contributed by atoms with Crippen molar-refractivity contribution in [3.05, 3.63) is 24.0 Å². The molecule has 1 aliphatic heterocycles. The lowest BCUT2D eigenvalue weighted by molar-refractivity contribution is -0.155. The first-order valence-corrected chi connectivity index (χ1v) is 6.29. The van der Waals surface area contributed by atoms with Gasteiger partial charge in [0, 0.05) is 6.92 Å². The van der Waals surface area contributed by atoms with Crippen molar-refractivity contribution in [3.8, 4) is 0 Å². The summed E-state index contributed by atoms with van der Waals surface area (Å²) < 4.78 is 10.0. The van der Waals surface area contributed by atoms with Gasteiger partial charge in [0.1, 0.15) is 16.6 Å². The first-order chi connectivity index (χ1) is 8.94. The van der Waals surface area contributed by atoms with Gasteiger partial charge in [-0.2, -0.15) is 0 Å². The molecule has 0 spiro atoms. The van der Waals surface area contributed by atoms with E-state index in [1.807, 2.05) is 6.92 Å². The number of rotatable bonds is 3. The Kier molecular flexibility index (Phi) is 3.08. The third kappa shape index (κ3) is 1.50. The van der Waals surface area contributed by atoms with Crippen molar-refractivity contribution in [2.45, 2.75) is 33.6 Å². The summed E-state index contributed by atoms with van der Waals surface area (Å²) in [5, 5.41) is 0. The van der Waals surface area contributed by atoms with Crippen LogP contribution in [0, 0.1) is 10.8 Å². The minimum Gasteiger partial charge on any atom is -0.430 e. The smallest absolute Gasteiger partial charge is 0.328 e. The Morgan fingerprint density at radius 3 is 2.47 bits per heavy atom. The van der Waals surface area contributed by atoms with E-state index in [1.165, 1.54) is 6.92 Å². The number of allylic oxidation sites excluding steroid dienone is 2. The SMILES string of the molecule is CCC12C=CC=C(OC(C)=O)C1(CC)C(=O)OC2=O. The molecule has 1 heterocycles. The number of esters is 3. The Balaban J connectivity index is 2.64. The van der Waals surface area contributed by atoms with Crippen LogP contribution in [0.1, 0.15) is 33.6 Å². The van der Waals surface area contributed by atoms with Crippen LogP contribution in [0.2, 0.25) is 0 Å². The molecule has 0 radical (unpaired) electrons. The normalized spacial score (nSPS) is 32.7. The van der Waals surface area contributed by atoms with Crippen LogP contribution in [-0.2, 0) is 23.9 Å². The summed E-state index contributed by atoms with van der Waals surface area (Å²) in [6, 6.07) is 0. The fraction of sp³-hybridized carbons (Fsp3) is 0.500. The zero-order valence-corrected chi connectivity index (χ0v) is 11.2. The van der Waals surface area contributed by atoms with E-state index in [2.05, 4.69) is 0 Å². The molecule has 0 aromatic carbocycles. The highest BCUT2D eigenvalue weighted by Gasteiger charge is 2.69. The lowest BCUT2D eigenvalue weighted by atomic mass is 9.59. The molecule has 1 saturated heterocycles. The van der Waals surface area contributed by atoms with Crippen LogP contribution >= 0.6 is 0 Å². The van der Waals surface area contributed by atoms with Crippen molar-refractivity contribution in [2.24, 2.45) is 10.8 Å². The predicted molar refractivity (Wildman–Crippen MR) is 65.5 cm³/mol. The van der Waals surface area contributed by atoms with Crippen molar-refractivity contribution in [2.75, 3.05) is 0 Å². The lowest BCUT2D eigenvalue weighted by Gasteiger charge is -2.39. The number of hydrogen-bond donors (Lipinski definition) is 0. The molecule has 0 saturated carbocycles. The third-order valence-corrected chi connectivity index (χ3v) is 4.05. The second-order valence-electron chi connectivity index (χ2n) is 4.74. The first-order valence-electron chi connectivity index (χ1n) is 6.29. The van der Waals surface area contributed by atoms with Crippen LogP contribution in [0.4, 0.5) is 0 Å². The fourth-order valence-electron chi connectivity index (χ4n) is 3.07. The molecular weight excluding hydrogens is 248 g/mol. The summed E-state index contributed by atoms with van der Waals surface area (Å²) >= 11 is 0. The highest BCUT2D eigenvalue weighted by Crippen LogP contribution is 2.58. The summed E-state index contributed by atoms with van der Waals surface area (Å²) in [5.41, 5.74) is -2.29. The van der Waals surface area contributed by atoms with Gasteiger partial charge in [-0.05, 0) is 18.9 Å². The minimum absolute atomic E-state index is 0.197. The number of hydrogen-bond acceptors (Lipinski definition) is 5. The van der Waals surface area contributed by atoms with E-state index in [-0.39, 0.29) is 5.76 Å². The van der Waals surface area contributed by atoms with Gasteiger partial charge in [0.2, 0.25) is 0 Å². The van der Waals surface area contributed by atoms with Crippen molar-refractivity contribution in [1.82, 2.24) is 0 Å². The van der Waals surface area contributed by atoms with Gasteiger partial charge < -0.3 is 9.47 Å². The number of ether oxygens (including phenoxy) is 2. The second-order valence-corrected chi connectivity index (χ2v) is 4.74. The first kappa shape index (κ1) is 13.5.